The smallest absolute Gasteiger partial charge is 0.331 e. The van der Waals surface area contributed by atoms with Crippen LogP contribution < -0.4 is 0 Å². The van der Waals surface area contributed by atoms with Crippen molar-refractivity contribution in [2.75, 3.05) is 13.6 Å². The molecule has 1 atom stereocenters. The normalized spacial score (nSPS) is 17.9. The van der Waals surface area contributed by atoms with Gasteiger partial charge in [-0.3, -0.25) is 9.69 Å². The molecule has 5 rings (SSSR count). The molecule has 2 aliphatic rings. The molecule has 0 radical (unpaired) electrons. The van der Waals surface area contributed by atoms with E-state index < -0.39 is 5.60 Å². The van der Waals surface area contributed by atoms with Gasteiger partial charge in [0, 0.05) is 42.8 Å². The van der Waals surface area contributed by atoms with E-state index in [0.29, 0.717) is 19.6 Å². The molecule has 7 heteroatoms. The second-order valence-electron chi connectivity index (χ2n) is 10.2. The Morgan fingerprint density at radius 1 is 1.11 bits per heavy atom. The maximum absolute atomic E-state index is 13.0. The number of carbonyl (C=O) groups is 3. The lowest BCUT2D eigenvalue weighted by Gasteiger charge is -2.41. The molecule has 7 nitrogen and oxygen atoms in total. The number of aromatic nitrogens is 1. The van der Waals surface area contributed by atoms with Crippen molar-refractivity contribution < 1.29 is 19.1 Å². The van der Waals surface area contributed by atoms with Gasteiger partial charge in [-0.2, -0.15) is 0 Å². The molecule has 2 bridgehead atoms. The highest BCUT2D eigenvalue weighted by Gasteiger charge is 2.44. The number of hydrogen-bond donors (Lipinski definition) is 0. The minimum Gasteiger partial charge on any atom is -0.457 e. The zero-order chi connectivity index (χ0) is 24.9. The fraction of sp³-hybridized carbons (Fsp3) is 0.321. The van der Waals surface area contributed by atoms with Crippen molar-refractivity contribution in [3.05, 3.63) is 77.0 Å². The minimum atomic E-state index is -0.538. The van der Waals surface area contributed by atoms with Gasteiger partial charge in [0.05, 0.1) is 12.5 Å². The summed E-state index contributed by atoms with van der Waals surface area (Å²) in [6.45, 7) is 6.99. The van der Waals surface area contributed by atoms with Crippen LogP contribution in [0.15, 0.2) is 54.6 Å². The van der Waals surface area contributed by atoms with E-state index in [1.165, 1.54) is 11.0 Å². The lowest BCUT2D eigenvalue weighted by atomic mass is 9.89. The second kappa shape index (κ2) is 8.41. The molecule has 1 fully saturated rings. The van der Waals surface area contributed by atoms with Crippen LogP contribution in [0.4, 0.5) is 4.79 Å². The Kier molecular flexibility index (Phi) is 5.50. The number of urea groups is 1. The maximum Gasteiger partial charge on any atom is 0.331 e. The summed E-state index contributed by atoms with van der Waals surface area (Å²) in [4.78, 5) is 40.7. The number of rotatable bonds is 4. The largest absolute Gasteiger partial charge is 0.457 e. The van der Waals surface area contributed by atoms with Crippen LogP contribution in [0.1, 0.15) is 49.1 Å². The van der Waals surface area contributed by atoms with Crippen molar-refractivity contribution in [3.63, 3.8) is 0 Å². The van der Waals surface area contributed by atoms with Crippen LogP contribution in [-0.2, 0) is 27.4 Å². The molecule has 3 amide bonds. The van der Waals surface area contributed by atoms with Crippen LogP contribution >= 0.6 is 0 Å². The molecule has 2 aromatic carbocycles. The van der Waals surface area contributed by atoms with E-state index in [2.05, 4.69) is 16.7 Å². The highest BCUT2D eigenvalue weighted by atomic mass is 16.6. The van der Waals surface area contributed by atoms with Crippen LogP contribution in [0.5, 0.6) is 0 Å². The van der Waals surface area contributed by atoms with Crippen LogP contribution in [0.25, 0.3) is 17.0 Å². The first-order valence-corrected chi connectivity index (χ1v) is 11.8. The Labute approximate surface area is 204 Å². The molecule has 1 unspecified atom stereocenters. The molecular weight excluding hydrogens is 442 g/mol. The average Bonchev–Trinajstić information content (AvgIpc) is 3.12. The molecule has 2 aliphatic heterocycles. The van der Waals surface area contributed by atoms with E-state index in [-0.39, 0.29) is 23.8 Å². The summed E-state index contributed by atoms with van der Waals surface area (Å²) < 4.78 is 7.57. The van der Waals surface area contributed by atoms with Crippen molar-refractivity contribution in [3.8, 4) is 0 Å². The van der Waals surface area contributed by atoms with E-state index in [9.17, 15) is 14.4 Å². The fourth-order valence-corrected chi connectivity index (χ4v) is 5.05. The Balaban J connectivity index is 1.50. The second-order valence-corrected chi connectivity index (χ2v) is 10.2. The monoisotopic (exact) mass is 471 g/mol. The summed E-state index contributed by atoms with van der Waals surface area (Å²) in [5, 5.41) is 1.06. The summed E-state index contributed by atoms with van der Waals surface area (Å²) in [7, 11) is 1.56. The van der Waals surface area contributed by atoms with E-state index in [0.717, 1.165) is 33.3 Å². The first-order valence-electron chi connectivity index (χ1n) is 11.8. The number of imide groups is 1. The molecule has 0 spiro atoms. The summed E-state index contributed by atoms with van der Waals surface area (Å²) in [6.07, 6.45) is 3.20. The van der Waals surface area contributed by atoms with Gasteiger partial charge in [0.25, 0.3) is 0 Å². The van der Waals surface area contributed by atoms with Gasteiger partial charge in [-0.1, -0.05) is 36.4 Å². The number of fused-ring (bicyclic) bond motifs is 6. The third kappa shape index (κ3) is 4.22. The number of amides is 3. The molecule has 1 saturated heterocycles. The minimum absolute atomic E-state index is 0.149. The van der Waals surface area contributed by atoms with Crippen LogP contribution in [0, 0.1) is 0 Å². The zero-order valence-corrected chi connectivity index (χ0v) is 20.4. The fourth-order valence-electron chi connectivity index (χ4n) is 5.05. The Morgan fingerprint density at radius 3 is 2.66 bits per heavy atom. The van der Waals surface area contributed by atoms with Gasteiger partial charge in [-0.25, -0.2) is 9.59 Å². The van der Waals surface area contributed by atoms with Crippen LogP contribution in [0.2, 0.25) is 0 Å². The van der Waals surface area contributed by atoms with Gasteiger partial charge in [-0.15, -0.1) is 0 Å². The Hall–Kier alpha value is -3.87. The van der Waals surface area contributed by atoms with Gasteiger partial charge in [0.2, 0.25) is 5.91 Å². The van der Waals surface area contributed by atoms with Gasteiger partial charge in [0.15, 0.2) is 0 Å². The number of benzene rings is 2. The summed E-state index contributed by atoms with van der Waals surface area (Å²) >= 11 is 0. The Morgan fingerprint density at radius 2 is 1.89 bits per heavy atom. The standard InChI is InChI=1S/C28H29N3O4/c1-28(2,3)35-24(32)13-12-18-8-7-9-19(14-18)15-31-22-11-6-5-10-20(22)25-21-16-30(17-23(25)31)27(34)29(4)26(21)33/h5-14,21H,15-17H2,1-4H3/b13-12+. The molecular formula is C28H29N3O4. The number of para-hydroxylation sites is 1. The van der Waals surface area contributed by atoms with E-state index in [1.54, 1.807) is 18.0 Å². The van der Waals surface area contributed by atoms with E-state index >= 15 is 0 Å². The van der Waals surface area contributed by atoms with Gasteiger partial charge < -0.3 is 14.2 Å². The SMILES string of the molecule is CN1C(=O)C2CN(Cc3c2c2ccccc2n3Cc2cccc(/C=C/C(=O)OC(C)(C)C)c2)C1=O. The highest BCUT2D eigenvalue weighted by Crippen LogP contribution is 2.40. The van der Waals surface area contributed by atoms with Gasteiger partial charge in [0.1, 0.15) is 5.60 Å². The quantitative estimate of drug-likeness (QED) is 0.414. The number of esters is 1. The van der Waals surface area contributed by atoms with Crippen molar-refractivity contribution in [2.24, 2.45) is 0 Å². The molecule has 0 aliphatic carbocycles. The maximum atomic E-state index is 13.0. The van der Waals surface area contributed by atoms with E-state index in [4.69, 9.17) is 4.74 Å². The van der Waals surface area contributed by atoms with Crippen molar-refractivity contribution in [1.29, 1.82) is 0 Å². The average molecular weight is 472 g/mol. The molecule has 0 N–H and O–H groups in total. The summed E-state index contributed by atoms with van der Waals surface area (Å²) in [5.41, 5.74) is 4.49. The lowest BCUT2D eigenvalue weighted by molar-refractivity contribution is -0.148. The van der Waals surface area contributed by atoms with Gasteiger partial charge >= 0.3 is 12.0 Å². The Bertz CT molecular complexity index is 1380. The molecule has 3 aromatic rings. The molecule has 1 aromatic heterocycles. The number of ether oxygens (including phenoxy) is 1. The van der Waals surface area contributed by atoms with Gasteiger partial charge in [-0.05, 0) is 55.7 Å². The third-order valence-electron chi connectivity index (χ3n) is 6.51. The summed E-state index contributed by atoms with van der Waals surface area (Å²) in [6, 6.07) is 15.8. The van der Waals surface area contributed by atoms with Crippen molar-refractivity contribution in [1.82, 2.24) is 14.4 Å². The summed E-state index contributed by atoms with van der Waals surface area (Å²) in [5.74, 6) is -0.881. The predicted molar refractivity (Wildman–Crippen MR) is 134 cm³/mol. The number of nitrogens with zero attached hydrogens (tertiary/aromatic N) is 3. The topological polar surface area (TPSA) is 71.8 Å². The molecule has 180 valence electrons. The molecule has 0 saturated carbocycles. The van der Waals surface area contributed by atoms with Crippen LogP contribution in [-0.4, -0.2) is 51.5 Å². The number of hydrogen-bond acceptors (Lipinski definition) is 4. The zero-order valence-electron chi connectivity index (χ0n) is 20.4. The number of carbonyl (C=O) groups excluding carboxylic acids is 3. The van der Waals surface area contributed by atoms with E-state index in [1.807, 2.05) is 57.2 Å². The number of likely N-dealkylation sites (N-methyl/N-ethyl adjacent to an activating group) is 1. The van der Waals surface area contributed by atoms with Crippen molar-refractivity contribution in [2.45, 2.75) is 45.4 Å². The predicted octanol–water partition coefficient (Wildman–Crippen LogP) is 4.54. The van der Waals surface area contributed by atoms with Crippen LogP contribution in [0.3, 0.4) is 0 Å². The lowest BCUT2D eigenvalue weighted by Crippen LogP contribution is -2.56. The molecule has 3 heterocycles. The van der Waals surface area contributed by atoms with Crippen molar-refractivity contribution >= 4 is 34.9 Å². The highest BCUT2D eigenvalue weighted by molar-refractivity contribution is 6.04. The first-order chi connectivity index (χ1) is 16.6. The first kappa shape index (κ1) is 22.9. The third-order valence-corrected chi connectivity index (χ3v) is 6.51. The molecule has 35 heavy (non-hydrogen) atoms.